The zero-order chi connectivity index (χ0) is 24.7. The minimum atomic E-state index is -0.843. The van der Waals surface area contributed by atoms with Crippen LogP contribution in [0, 0.1) is 6.92 Å². The Labute approximate surface area is 202 Å². The van der Waals surface area contributed by atoms with Crippen LogP contribution in [0.2, 0.25) is 0 Å². The maximum absolute atomic E-state index is 12.7. The molecule has 1 aromatic carbocycles. The molecule has 5 rings (SSSR count). The molecular weight excluding hydrogens is 444 g/mol. The van der Waals surface area contributed by atoms with Crippen LogP contribution >= 0.6 is 0 Å². The Kier molecular flexibility index (Phi) is 5.47. The van der Waals surface area contributed by atoms with Gasteiger partial charge in [0, 0.05) is 48.4 Å². The topological polar surface area (TPSA) is 130 Å². The summed E-state index contributed by atoms with van der Waals surface area (Å²) >= 11 is 0. The Bertz CT molecular complexity index is 1400. The van der Waals surface area contributed by atoms with Crippen LogP contribution in [-0.4, -0.2) is 45.3 Å². The lowest BCUT2D eigenvalue weighted by atomic mass is 9.79. The van der Waals surface area contributed by atoms with Crippen molar-refractivity contribution in [1.82, 2.24) is 20.2 Å². The number of pyridine rings is 2. The molecule has 3 heterocycles. The standard InChI is InChI=1S/C26H26N6O3/c1-15-5-8-28-13-19(15)17-10-18-12-22(29-14-20(18)21(27)11-17)30-23(33)9-16-3-6-26(7-4-16)24(34)32(2)25(35)31-26/h5,8-14H,3-4,6-7,27H2,1-2H3,(H,31,35)(H,29,30,33). The van der Waals surface area contributed by atoms with E-state index < -0.39 is 5.54 Å². The van der Waals surface area contributed by atoms with Crippen molar-refractivity contribution in [3.8, 4) is 11.1 Å². The van der Waals surface area contributed by atoms with Crippen molar-refractivity contribution in [3.63, 3.8) is 0 Å². The highest BCUT2D eigenvalue weighted by Gasteiger charge is 2.50. The van der Waals surface area contributed by atoms with Gasteiger partial charge in [-0.2, -0.15) is 0 Å². The van der Waals surface area contributed by atoms with Gasteiger partial charge in [0.15, 0.2) is 0 Å². The molecular formula is C26H26N6O3. The van der Waals surface area contributed by atoms with Crippen molar-refractivity contribution in [1.29, 1.82) is 0 Å². The number of aromatic nitrogens is 2. The number of nitrogens with one attached hydrogen (secondary N) is 2. The van der Waals surface area contributed by atoms with E-state index in [1.54, 1.807) is 24.5 Å². The fourth-order valence-electron chi connectivity index (χ4n) is 4.86. The predicted octanol–water partition coefficient (Wildman–Crippen LogP) is 3.55. The quantitative estimate of drug-likeness (QED) is 0.305. The van der Waals surface area contributed by atoms with Gasteiger partial charge in [0.25, 0.3) is 5.91 Å². The van der Waals surface area contributed by atoms with Gasteiger partial charge in [-0.1, -0.05) is 5.57 Å². The normalized spacial score (nSPS) is 19.8. The molecule has 0 bridgehead atoms. The third-order valence-corrected chi connectivity index (χ3v) is 6.92. The van der Waals surface area contributed by atoms with E-state index in [9.17, 15) is 14.4 Å². The fraction of sp³-hybridized carbons (Fsp3) is 0.269. The average Bonchev–Trinajstić information content (AvgIpc) is 3.04. The number of nitrogen functional groups attached to an aromatic ring is 1. The van der Waals surface area contributed by atoms with Crippen LogP contribution in [0.3, 0.4) is 0 Å². The number of likely N-dealkylation sites (N-methyl/N-ethyl adjacent to an activating group) is 1. The highest BCUT2D eigenvalue weighted by atomic mass is 16.2. The highest BCUT2D eigenvalue weighted by Crippen LogP contribution is 2.36. The summed E-state index contributed by atoms with van der Waals surface area (Å²) in [4.78, 5) is 46.7. The Hall–Kier alpha value is -4.27. The molecule has 4 N–H and O–H groups in total. The molecule has 1 aliphatic heterocycles. The van der Waals surface area contributed by atoms with Crippen LogP contribution in [-0.2, 0) is 9.59 Å². The average molecular weight is 471 g/mol. The number of allylic oxidation sites excluding steroid dienone is 1. The van der Waals surface area contributed by atoms with Gasteiger partial charge in [-0.15, -0.1) is 0 Å². The van der Waals surface area contributed by atoms with Crippen LogP contribution in [0.5, 0.6) is 0 Å². The number of fused-ring (bicyclic) bond motifs is 1. The Morgan fingerprint density at radius 1 is 1.20 bits per heavy atom. The number of aryl methyl sites for hydroxylation is 1. The molecule has 3 aromatic rings. The number of amides is 4. The zero-order valence-electron chi connectivity index (χ0n) is 19.6. The van der Waals surface area contributed by atoms with Crippen LogP contribution in [0.1, 0.15) is 31.2 Å². The zero-order valence-corrected chi connectivity index (χ0v) is 19.6. The summed E-state index contributed by atoms with van der Waals surface area (Å²) in [5.74, 6) is -0.0636. The summed E-state index contributed by atoms with van der Waals surface area (Å²) in [7, 11) is 1.48. The number of benzene rings is 1. The number of urea groups is 1. The summed E-state index contributed by atoms with van der Waals surface area (Å²) in [5.41, 5.74) is 10.0. The van der Waals surface area contributed by atoms with Gasteiger partial charge in [-0.05, 0) is 73.4 Å². The minimum Gasteiger partial charge on any atom is -0.398 e. The smallest absolute Gasteiger partial charge is 0.324 e. The first kappa shape index (κ1) is 22.5. The van der Waals surface area contributed by atoms with Crippen LogP contribution in [0.15, 0.2) is 54.5 Å². The number of hydrogen-bond donors (Lipinski definition) is 3. The molecule has 0 atom stereocenters. The maximum atomic E-state index is 12.7. The molecule has 1 saturated carbocycles. The minimum absolute atomic E-state index is 0.202. The summed E-state index contributed by atoms with van der Waals surface area (Å²) in [5, 5.41) is 7.30. The fourth-order valence-corrected chi connectivity index (χ4v) is 4.86. The van der Waals surface area contributed by atoms with Gasteiger partial charge in [-0.25, -0.2) is 9.78 Å². The number of rotatable bonds is 3. The van der Waals surface area contributed by atoms with Gasteiger partial charge in [0.1, 0.15) is 11.4 Å². The number of nitrogens with zero attached hydrogens (tertiary/aromatic N) is 3. The number of carbonyl (C=O) groups is 3. The Morgan fingerprint density at radius 2 is 1.97 bits per heavy atom. The van der Waals surface area contributed by atoms with E-state index >= 15 is 0 Å². The lowest BCUT2D eigenvalue weighted by Gasteiger charge is -2.31. The Balaban J connectivity index is 1.32. The molecule has 1 spiro atoms. The second kappa shape index (κ2) is 8.50. The van der Waals surface area contributed by atoms with E-state index in [4.69, 9.17) is 5.73 Å². The lowest BCUT2D eigenvalue weighted by Crippen LogP contribution is -2.48. The number of nitrogens with two attached hydrogens (primary N) is 1. The molecule has 1 saturated heterocycles. The molecule has 35 heavy (non-hydrogen) atoms. The van der Waals surface area contributed by atoms with E-state index in [0.717, 1.165) is 37.9 Å². The molecule has 2 aromatic heterocycles. The van der Waals surface area contributed by atoms with E-state index in [2.05, 4.69) is 20.6 Å². The molecule has 178 valence electrons. The molecule has 0 radical (unpaired) electrons. The highest BCUT2D eigenvalue weighted by molar-refractivity contribution is 6.07. The predicted molar refractivity (Wildman–Crippen MR) is 133 cm³/mol. The van der Waals surface area contributed by atoms with Crippen molar-refractivity contribution in [3.05, 3.63) is 60.1 Å². The van der Waals surface area contributed by atoms with Gasteiger partial charge in [-0.3, -0.25) is 19.5 Å². The van der Waals surface area contributed by atoms with Crippen molar-refractivity contribution < 1.29 is 14.4 Å². The van der Waals surface area contributed by atoms with Gasteiger partial charge < -0.3 is 16.4 Å². The summed E-state index contributed by atoms with van der Waals surface area (Å²) in [6.07, 6.45) is 8.85. The number of anilines is 2. The summed E-state index contributed by atoms with van der Waals surface area (Å²) < 4.78 is 0. The van der Waals surface area contributed by atoms with Gasteiger partial charge in [0.2, 0.25) is 5.91 Å². The Morgan fingerprint density at radius 3 is 2.66 bits per heavy atom. The van der Waals surface area contributed by atoms with Crippen molar-refractivity contribution in [2.24, 2.45) is 0 Å². The van der Waals surface area contributed by atoms with E-state index in [0.29, 0.717) is 37.2 Å². The first-order valence-electron chi connectivity index (χ1n) is 11.5. The SMILES string of the molecule is Cc1ccncc1-c1cc(N)c2cnc(NC(=O)C=C3CCC4(CC3)NC(=O)N(C)C4=O)cc2c1. The molecule has 2 aliphatic rings. The van der Waals surface area contributed by atoms with Gasteiger partial charge >= 0.3 is 6.03 Å². The maximum Gasteiger partial charge on any atom is 0.324 e. The molecule has 0 unspecified atom stereocenters. The first-order valence-corrected chi connectivity index (χ1v) is 11.5. The van der Waals surface area contributed by atoms with Gasteiger partial charge in [0.05, 0.1) is 0 Å². The monoisotopic (exact) mass is 470 g/mol. The third-order valence-electron chi connectivity index (χ3n) is 6.92. The molecule has 1 aliphatic carbocycles. The summed E-state index contributed by atoms with van der Waals surface area (Å²) in [6, 6.07) is 7.29. The summed E-state index contributed by atoms with van der Waals surface area (Å²) in [6.45, 7) is 2.02. The van der Waals surface area contributed by atoms with Crippen LogP contribution in [0.25, 0.3) is 21.9 Å². The second-order valence-corrected chi connectivity index (χ2v) is 9.22. The number of carbonyl (C=O) groups excluding carboxylic acids is 3. The van der Waals surface area contributed by atoms with E-state index in [1.807, 2.05) is 31.3 Å². The van der Waals surface area contributed by atoms with Crippen molar-refractivity contribution in [2.45, 2.75) is 38.1 Å². The largest absolute Gasteiger partial charge is 0.398 e. The van der Waals surface area contributed by atoms with Crippen molar-refractivity contribution in [2.75, 3.05) is 18.1 Å². The number of hydrogen-bond acceptors (Lipinski definition) is 6. The number of imide groups is 1. The second-order valence-electron chi connectivity index (χ2n) is 9.22. The van der Waals surface area contributed by atoms with E-state index in [-0.39, 0.29) is 17.8 Å². The molecule has 4 amide bonds. The van der Waals surface area contributed by atoms with E-state index in [1.165, 1.54) is 7.05 Å². The lowest BCUT2D eigenvalue weighted by molar-refractivity contribution is -0.131. The van der Waals surface area contributed by atoms with Crippen LogP contribution in [0.4, 0.5) is 16.3 Å². The molecule has 9 nitrogen and oxygen atoms in total. The molecule has 2 fully saturated rings. The van der Waals surface area contributed by atoms with Crippen LogP contribution < -0.4 is 16.4 Å². The third kappa shape index (κ3) is 4.09. The first-order chi connectivity index (χ1) is 16.8. The molecule has 9 heteroatoms. The van der Waals surface area contributed by atoms with Crippen molar-refractivity contribution >= 4 is 40.1 Å².